The molecule has 1 unspecified atom stereocenters. The molecule has 2 aliphatic rings. The van der Waals surface area contributed by atoms with Crippen LogP contribution in [0, 0.1) is 23.7 Å². The fraction of sp³-hybridized carbons (Fsp3) is 0.286. The molecular weight excluding hydrogens is 610 g/mol. The van der Waals surface area contributed by atoms with Crippen LogP contribution in [0.1, 0.15) is 43.7 Å². The number of Topliss-reactive ketones (excluding diaryl/α,β-unsaturated/α-hetero) is 1. The number of allylic oxidation sites excluding steroid dienone is 3. The zero-order valence-electron chi connectivity index (χ0n) is 22.1. The van der Waals surface area contributed by atoms with E-state index in [0.29, 0.717) is 27.9 Å². The van der Waals surface area contributed by atoms with Gasteiger partial charge in [-0.25, -0.2) is 0 Å². The number of amides is 1. The molecule has 3 heterocycles. The van der Waals surface area contributed by atoms with E-state index in [1.807, 2.05) is 45.0 Å². The van der Waals surface area contributed by atoms with Crippen molar-refractivity contribution in [1.82, 2.24) is 15.2 Å². The lowest BCUT2D eigenvalue weighted by molar-refractivity contribution is -0.118. The van der Waals surface area contributed by atoms with Gasteiger partial charge in [0.1, 0.15) is 5.82 Å². The lowest BCUT2D eigenvalue weighted by Crippen LogP contribution is -2.42. The highest BCUT2D eigenvalue weighted by Gasteiger charge is 2.45. The molecule has 3 aromatic rings. The van der Waals surface area contributed by atoms with Gasteiger partial charge in [-0.2, -0.15) is 5.26 Å². The van der Waals surface area contributed by atoms with E-state index < -0.39 is 5.92 Å². The standard InChI is InChI=1S/C28H26BrN7O2S2/c1-15-9-17(29)6-7-19(15)33-22(38)14-39-27-35-34-26(40-27)36-20-10-28(2,3)11-21(37)24(20)23(18(12-30)25(36)31)16-5-4-8-32-13-16/h4-9,13,23H,10-11,14,31H2,1-3H3,(H,33,38). The van der Waals surface area contributed by atoms with Gasteiger partial charge in [-0.05, 0) is 54.2 Å². The summed E-state index contributed by atoms with van der Waals surface area (Å²) in [5.41, 5.74) is 10.3. The second kappa shape index (κ2) is 11.2. The molecule has 204 valence electrons. The van der Waals surface area contributed by atoms with Gasteiger partial charge in [-0.3, -0.25) is 19.5 Å². The summed E-state index contributed by atoms with van der Waals surface area (Å²) in [6, 6.07) is 11.5. The third kappa shape index (κ3) is 5.54. The predicted molar refractivity (Wildman–Crippen MR) is 159 cm³/mol. The second-order valence-corrected chi connectivity index (χ2v) is 13.5. The van der Waals surface area contributed by atoms with Crippen molar-refractivity contribution >= 4 is 61.5 Å². The van der Waals surface area contributed by atoms with E-state index in [0.717, 1.165) is 27.0 Å². The summed E-state index contributed by atoms with van der Waals surface area (Å²) in [5.74, 6) is -0.427. The van der Waals surface area contributed by atoms with Gasteiger partial charge in [-0.15, -0.1) is 10.2 Å². The predicted octanol–water partition coefficient (Wildman–Crippen LogP) is 5.68. The average Bonchev–Trinajstić information content (AvgIpc) is 3.36. The minimum absolute atomic E-state index is 0.0237. The van der Waals surface area contributed by atoms with Crippen molar-refractivity contribution in [3.63, 3.8) is 0 Å². The van der Waals surface area contributed by atoms with Crippen LogP contribution in [0.3, 0.4) is 0 Å². The van der Waals surface area contributed by atoms with Gasteiger partial charge in [0.05, 0.1) is 23.3 Å². The quantitative estimate of drug-likeness (QED) is 0.328. The third-order valence-electron chi connectivity index (χ3n) is 6.78. The maximum absolute atomic E-state index is 13.6. The lowest BCUT2D eigenvalue weighted by Gasteiger charge is -2.42. The Morgan fingerprint density at radius 3 is 2.83 bits per heavy atom. The molecular formula is C28H26BrN7O2S2. The van der Waals surface area contributed by atoms with E-state index in [1.165, 1.54) is 23.1 Å². The van der Waals surface area contributed by atoms with Crippen molar-refractivity contribution in [3.8, 4) is 6.07 Å². The number of hydrogen-bond acceptors (Lipinski definition) is 10. The Hall–Kier alpha value is -3.53. The van der Waals surface area contributed by atoms with Gasteiger partial charge in [0, 0.05) is 40.2 Å². The largest absolute Gasteiger partial charge is 0.384 e. The molecule has 1 aliphatic heterocycles. The number of ketones is 1. The number of halogens is 1. The van der Waals surface area contributed by atoms with Crippen LogP contribution >= 0.6 is 39.0 Å². The molecule has 40 heavy (non-hydrogen) atoms. The minimum atomic E-state index is -0.596. The normalized spacial score (nSPS) is 18.4. The highest BCUT2D eigenvalue weighted by atomic mass is 79.9. The van der Waals surface area contributed by atoms with E-state index in [9.17, 15) is 14.9 Å². The summed E-state index contributed by atoms with van der Waals surface area (Å²) < 4.78 is 1.51. The first-order valence-electron chi connectivity index (χ1n) is 12.5. The molecule has 0 spiro atoms. The van der Waals surface area contributed by atoms with Crippen LogP contribution in [0.5, 0.6) is 0 Å². The number of pyridine rings is 1. The SMILES string of the molecule is Cc1cc(Br)ccc1NC(=O)CSc1nnc(N2C(N)=C(C#N)C(c3cccnc3)C3=C2CC(C)(C)CC3=O)s1. The lowest BCUT2D eigenvalue weighted by atomic mass is 9.69. The Labute approximate surface area is 248 Å². The molecule has 1 aromatic carbocycles. The molecule has 5 rings (SSSR count). The van der Waals surface area contributed by atoms with E-state index in [1.54, 1.807) is 23.4 Å². The number of benzene rings is 1. The topological polar surface area (TPSA) is 138 Å². The molecule has 3 N–H and O–H groups in total. The number of hydrogen-bond donors (Lipinski definition) is 2. The fourth-order valence-electron chi connectivity index (χ4n) is 5.04. The van der Waals surface area contributed by atoms with Crippen LogP contribution < -0.4 is 16.0 Å². The number of rotatable bonds is 6. The van der Waals surface area contributed by atoms with Gasteiger partial charge in [-0.1, -0.05) is 58.9 Å². The first-order valence-corrected chi connectivity index (χ1v) is 15.1. The Balaban J connectivity index is 1.44. The highest BCUT2D eigenvalue weighted by Crippen LogP contribution is 2.50. The number of nitrogens with one attached hydrogen (secondary N) is 1. The van der Waals surface area contributed by atoms with Crippen LogP contribution in [0.4, 0.5) is 10.8 Å². The molecule has 0 bridgehead atoms. The Kier molecular flexibility index (Phi) is 7.81. The molecule has 9 nitrogen and oxygen atoms in total. The summed E-state index contributed by atoms with van der Waals surface area (Å²) in [6.07, 6.45) is 4.25. The summed E-state index contributed by atoms with van der Waals surface area (Å²) in [4.78, 5) is 32.1. The van der Waals surface area contributed by atoms with Crippen molar-refractivity contribution < 1.29 is 9.59 Å². The van der Waals surface area contributed by atoms with Crippen LogP contribution in [-0.2, 0) is 9.59 Å². The number of aromatic nitrogens is 3. The maximum atomic E-state index is 13.6. The average molecular weight is 637 g/mol. The summed E-state index contributed by atoms with van der Waals surface area (Å²) in [7, 11) is 0. The number of carbonyl (C=O) groups excluding carboxylic acids is 2. The number of anilines is 2. The van der Waals surface area contributed by atoms with Gasteiger partial charge in [0.25, 0.3) is 0 Å². The fourth-order valence-corrected chi connectivity index (χ4v) is 7.20. The zero-order chi connectivity index (χ0) is 28.6. The van der Waals surface area contributed by atoms with E-state index in [4.69, 9.17) is 5.73 Å². The van der Waals surface area contributed by atoms with Crippen LogP contribution in [0.2, 0.25) is 0 Å². The van der Waals surface area contributed by atoms with E-state index >= 15 is 0 Å². The molecule has 1 amide bonds. The number of nitrogens with two attached hydrogens (primary N) is 1. The minimum Gasteiger partial charge on any atom is -0.384 e. The van der Waals surface area contributed by atoms with Crippen LogP contribution in [0.15, 0.2) is 74.2 Å². The van der Waals surface area contributed by atoms with Crippen LogP contribution in [0.25, 0.3) is 0 Å². The Bertz CT molecular complexity index is 1610. The number of thioether (sulfide) groups is 1. The summed E-state index contributed by atoms with van der Waals surface area (Å²) in [6.45, 7) is 6.01. The molecule has 0 saturated carbocycles. The summed E-state index contributed by atoms with van der Waals surface area (Å²) in [5, 5.41) is 22.2. The zero-order valence-corrected chi connectivity index (χ0v) is 25.3. The molecule has 0 fully saturated rings. The van der Waals surface area contributed by atoms with Crippen molar-refractivity contribution in [3.05, 3.63) is 81.0 Å². The highest BCUT2D eigenvalue weighted by molar-refractivity contribution is 9.10. The van der Waals surface area contributed by atoms with Crippen molar-refractivity contribution in [2.24, 2.45) is 11.1 Å². The van der Waals surface area contributed by atoms with Crippen molar-refractivity contribution in [2.45, 2.75) is 43.9 Å². The van der Waals surface area contributed by atoms with Crippen molar-refractivity contribution in [1.29, 1.82) is 5.26 Å². The first kappa shape index (κ1) is 28.0. The summed E-state index contributed by atoms with van der Waals surface area (Å²) >= 11 is 5.95. The second-order valence-electron chi connectivity index (χ2n) is 10.4. The van der Waals surface area contributed by atoms with Gasteiger partial charge >= 0.3 is 0 Å². The van der Waals surface area contributed by atoms with Crippen LogP contribution in [-0.4, -0.2) is 32.6 Å². The number of carbonyl (C=O) groups is 2. The number of nitriles is 1. The number of nitrogens with zero attached hydrogens (tertiary/aromatic N) is 5. The van der Waals surface area contributed by atoms with Gasteiger partial charge < -0.3 is 11.1 Å². The van der Waals surface area contributed by atoms with E-state index in [-0.39, 0.29) is 34.3 Å². The number of aryl methyl sites for hydroxylation is 1. The molecule has 2 aromatic heterocycles. The van der Waals surface area contributed by atoms with Gasteiger partial charge in [0.15, 0.2) is 10.1 Å². The third-order valence-corrected chi connectivity index (χ3v) is 9.31. The smallest absolute Gasteiger partial charge is 0.234 e. The van der Waals surface area contributed by atoms with Crippen molar-refractivity contribution in [2.75, 3.05) is 16.0 Å². The Morgan fingerprint density at radius 2 is 2.12 bits per heavy atom. The molecule has 1 aliphatic carbocycles. The molecule has 1 atom stereocenters. The maximum Gasteiger partial charge on any atom is 0.234 e. The monoisotopic (exact) mass is 635 g/mol. The molecule has 0 saturated heterocycles. The first-order chi connectivity index (χ1) is 19.1. The van der Waals surface area contributed by atoms with Gasteiger partial charge in [0.2, 0.25) is 11.0 Å². The molecule has 12 heteroatoms. The molecule has 0 radical (unpaired) electrons. The van der Waals surface area contributed by atoms with E-state index in [2.05, 4.69) is 42.5 Å². The Morgan fingerprint density at radius 1 is 1.32 bits per heavy atom.